The Kier molecular flexibility index (Phi) is 12.1. The van der Waals surface area contributed by atoms with Crippen LogP contribution in [0.2, 0.25) is 0 Å². The highest BCUT2D eigenvalue weighted by molar-refractivity contribution is 8.00. The van der Waals surface area contributed by atoms with Crippen LogP contribution < -0.4 is 0 Å². The van der Waals surface area contributed by atoms with Crippen molar-refractivity contribution in [2.45, 2.75) is 41.9 Å². The number of carboxylic acids is 3. The minimum absolute atomic E-state index is 0.0158. The van der Waals surface area contributed by atoms with Crippen molar-refractivity contribution in [3.8, 4) is 0 Å². The molecule has 1 aliphatic carbocycles. The van der Waals surface area contributed by atoms with Gasteiger partial charge >= 0.3 is 17.9 Å². The predicted molar refractivity (Wildman–Crippen MR) is 154 cm³/mol. The molecule has 10 heteroatoms. The number of benzene rings is 2. The summed E-state index contributed by atoms with van der Waals surface area (Å²) in [4.78, 5) is 46.9. The zero-order chi connectivity index (χ0) is 28.2. The Balaban J connectivity index is 0.000000230. The molecule has 2 atom stereocenters. The molecule has 1 heterocycles. The van der Waals surface area contributed by atoms with Gasteiger partial charge < -0.3 is 15.3 Å². The monoisotopic (exact) mass is 586 g/mol. The summed E-state index contributed by atoms with van der Waals surface area (Å²) >= 11 is 4.00. The number of rotatable bonds is 11. The molecule has 1 aliphatic rings. The number of thiophene rings is 1. The van der Waals surface area contributed by atoms with Crippen LogP contribution >= 0.6 is 34.9 Å². The van der Waals surface area contributed by atoms with Crippen LogP contribution in [0.3, 0.4) is 0 Å². The number of hydrogen-bond donors (Lipinski definition) is 3. The molecule has 1 aromatic heterocycles. The second-order valence-corrected chi connectivity index (χ2v) is 12.1. The van der Waals surface area contributed by atoms with Gasteiger partial charge in [-0.2, -0.15) is 0 Å². The molecule has 0 bridgehead atoms. The van der Waals surface area contributed by atoms with E-state index in [1.165, 1.54) is 34.9 Å². The van der Waals surface area contributed by atoms with E-state index in [0.717, 1.165) is 40.2 Å². The standard InChI is InChI=1S/C17H16O4S2.C12H14O3S/c18-16(19)10-22-14-5-1-12(2-6-14)9-13-3-7-15(8-4-13)23-11-17(20)21;13-11(10-6-3-7-16-10)8-4-1-2-5-9(8)12(14)15/h1-8H,9-11H2,(H,18,19)(H,20,21);3,6-9H,1-2,4-5H2,(H,14,15)/t;8-,9-/m.0/s1. The zero-order valence-corrected chi connectivity index (χ0v) is 23.6. The van der Waals surface area contributed by atoms with Crippen molar-refractivity contribution in [3.05, 3.63) is 82.0 Å². The third kappa shape index (κ3) is 10.2. The molecule has 1 fully saturated rings. The topological polar surface area (TPSA) is 129 Å². The van der Waals surface area contributed by atoms with Crippen LogP contribution in [0, 0.1) is 11.8 Å². The summed E-state index contributed by atoms with van der Waals surface area (Å²) in [5.74, 6) is -3.12. The number of ketones is 1. The van der Waals surface area contributed by atoms with Gasteiger partial charge in [-0.3, -0.25) is 19.2 Å². The minimum Gasteiger partial charge on any atom is -0.481 e. The first-order valence-corrected chi connectivity index (χ1v) is 15.3. The van der Waals surface area contributed by atoms with Crippen molar-refractivity contribution in [2.24, 2.45) is 11.8 Å². The number of carbonyl (C=O) groups is 4. The Hall–Kier alpha value is -3.08. The Bertz CT molecular complexity index is 1180. The van der Waals surface area contributed by atoms with Gasteiger partial charge in [0.1, 0.15) is 0 Å². The fourth-order valence-electron chi connectivity index (χ4n) is 4.27. The molecule has 0 spiro atoms. The average Bonchev–Trinajstić information content (AvgIpc) is 3.47. The molecule has 4 rings (SSSR count). The number of thioether (sulfide) groups is 2. The average molecular weight is 587 g/mol. The van der Waals surface area contributed by atoms with E-state index >= 15 is 0 Å². The summed E-state index contributed by atoms with van der Waals surface area (Å²) in [7, 11) is 0. The molecule has 3 N–H and O–H groups in total. The minimum atomic E-state index is -0.824. The second kappa shape index (κ2) is 15.5. The summed E-state index contributed by atoms with van der Waals surface area (Å²) in [6.45, 7) is 0. The fraction of sp³-hybridized carbons (Fsp3) is 0.310. The SMILES string of the molecule is O=C(O)CSc1ccc(Cc2ccc(SCC(=O)O)cc2)cc1.O=C(O)[C@H]1CCCC[C@@H]1C(=O)c1cccs1. The smallest absolute Gasteiger partial charge is 0.313 e. The summed E-state index contributed by atoms with van der Waals surface area (Å²) in [6, 6.07) is 19.3. The first kappa shape index (κ1) is 30.5. The van der Waals surface area contributed by atoms with Crippen LogP contribution in [0.25, 0.3) is 0 Å². The lowest BCUT2D eigenvalue weighted by atomic mass is 9.76. The lowest BCUT2D eigenvalue weighted by Gasteiger charge is -2.26. The molecule has 1 saturated carbocycles. The van der Waals surface area contributed by atoms with Crippen LogP contribution in [0.1, 0.15) is 46.5 Å². The summed E-state index contributed by atoms with van der Waals surface area (Å²) < 4.78 is 0. The normalized spacial score (nSPS) is 16.5. The van der Waals surface area contributed by atoms with Crippen molar-refractivity contribution in [3.63, 3.8) is 0 Å². The molecule has 0 radical (unpaired) electrons. The highest BCUT2D eigenvalue weighted by Gasteiger charge is 2.36. The molecule has 0 saturated heterocycles. The number of carboxylic acid groups (broad SMARTS) is 3. The maximum absolute atomic E-state index is 12.1. The quantitative estimate of drug-likeness (QED) is 0.171. The first-order valence-electron chi connectivity index (χ1n) is 12.4. The van der Waals surface area contributed by atoms with Crippen LogP contribution in [0.4, 0.5) is 0 Å². The van der Waals surface area contributed by atoms with Crippen LogP contribution in [0.5, 0.6) is 0 Å². The first-order chi connectivity index (χ1) is 18.7. The van der Waals surface area contributed by atoms with E-state index in [2.05, 4.69) is 0 Å². The van der Waals surface area contributed by atoms with Crippen LogP contribution in [-0.2, 0) is 20.8 Å². The molecular formula is C29H30O7S3. The van der Waals surface area contributed by atoms with Gasteiger partial charge in [-0.05, 0) is 66.1 Å². The van der Waals surface area contributed by atoms with Gasteiger partial charge in [-0.1, -0.05) is 43.2 Å². The lowest BCUT2D eigenvalue weighted by molar-refractivity contribution is -0.144. The van der Waals surface area contributed by atoms with E-state index in [1.54, 1.807) is 6.07 Å². The number of Topliss-reactive ketones (excluding diaryl/α,β-unsaturated/α-hetero) is 1. The van der Waals surface area contributed by atoms with E-state index in [-0.39, 0.29) is 23.2 Å². The van der Waals surface area contributed by atoms with Crippen molar-refractivity contribution in [2.75, 3.05) is 11.5 Å². The van der Waals surface area contributed by atoms with Crippen molar-refractivity contribution < 1.29 is 34.5 Å². The Labute approximate surface area is 239 Å². The Morgan fingerprint density at radius 3 is 1.62 bits per heavy atom. The van der Waals surface area contributed by atoms with Gasteiger partial charge in [0.25, 0.3) is 0 Å². The third-order valence-electron chi connectivity index (χ3n) is 6.16. The third-order valence-corrected chi connectivity index (χ3v) is 9.04. The summed E-state index contributed by atoms with van der Waals surface area (Å²) in [5.41, 5.74) is 2.30. The predicted octanol–water partition coefficient (Wildman–Crippen LogP) is 6.45. The lowest BCUT2D eigenvalue weighted by Crippen LogP contribution is -2.32. The molecule has 7 nitrogen and oxygen atoms in total. The molecule has 0 amide bonds. The molecular weight excluding hydrogens is 557 g/mol. The second-order valence-electron chi connectivity index (χ2n) is 9.01. The molecule has 0 unspecified atom stereocenters. The van der Waals surface area contributed by atoms with Gasteiger partial charge in [0, 0.05) is 15.7 Å². The highest BCUT2D eigenvalue weighted by atomic mass is 32.2. The van der Waals surface area contributed by atoms with Gasteiger partial charge in [-0.15, -0.1) is 34.9 Å². The maximum atomic E-state index is 12.1. The highest BCUT2D eigenvalue weighted by Crippen LogP contribution is 2.33. The van der Waals surface area contributed by atoms with Gasteiger partial charge in [-0.25, -0.2) is 0 Å². The number of carbonyl (C=O) groups excluding carboxylic acids is 1. The van der Waals surface area contributed by atoms with E-state index in [4.69, 9.17) is 15.3 Å². The van der Waals surface area contributed by atoms with Crippen molar-refractivity contribution in [1.82, 2.24) is 0 Å². The van der Waals surface area contributed by atoms with Crippen molar-refractivity contribution >= 4 is 58.6 Å². The maximum Gasteiger partial charge on any atom is 0.313 e. The van der Waals surface area contributed by atoms with E-state index in [9.17, 15) is 19.2 Å². The van der Waals surface area contributed by atoms with E-state index < -0.39 is 23.8 Å². The van der Waals surface area contributed by atoms with Crippen molar-refractivity contribution in [1.29, 1.82) is 0 Å². The Morgan fingerprint density at radius 2 is 1.21 bits per heavy atom. The Morgan fingerprint density at radius 1 is 0.718 bits per heavy atom. The summed E-state index contributed by atoms with van der Waals surface area (Å²) in [5, 5.41) is 28.3. The van der Waals surface area contributed by atoms with Crippen LogP contribution in [0.15, 0.2) is 75.8 Å². The largest absolute Gasteiger partial charge is 0.481 e. The zero-order valence-electron chi connectivity index (χ0n) is 21.2. The number of hydrogen-bond acceptors (Lipinski definition) is 7. The van der Waals surface area contributed by atoms with E-state index in [0.29, 0.717) is 17.7 Å². The molecule has 206 valence electrons. The fourth-order valence-corrected chi connectivity index (χ4v) is 6.24. The molecule has 3 aromatic rings. The van der Waals surface area contributed by atoms with Gasteiger partial charge in [0.05, 0.1) is 22.3 Å². The molecule has 0 aliphatic heterocycles. The van der Waals surface area contributed by atoms with E-state index in [1.807, 2.05) is 60.0 Å². The van der Waals surface area contributed by atoms with Gasteiger partial charge in [0.15, 0.2) is 5.78 Å². The van der Waals surface area contributed by atoms with Crippen LogP contribution in [-0.4, -0.2) is 50.5 Å². The molecule has 39 heavy (non-hydrogen) atoms. The molecule has 2 aromatic carbocycles. The van der Waals surface area contributed by atoms with Gasteiger partial charge in [0.2, 0.25) is 0 Å². The number of aliphatic carboxylic acids is 3. The summed E-state index contributed by atoms with van der Waals surface area (Å²) in [6.07, 6.45) is 4.02.